The molecule has 0 bridgehead atoms. The molecule has 0 unspecified atom stereocenters. The van der Waals surface area contributed by atoms with Crippen molar-refractivity contribution in [2.24, 2.45) is 10.9 Å². The molecule has 0 amide bonds. The Hall–Kier alpha value is -0.193. The quantitative estimate of drug-likeness (QED) is 0.342. The Kier molecular flexibility index (Phi) is 9.60. The smallest absolute Gasteiger partial charge is 0.334 e. The first-order valence-electron chi connectivity index (χ1n) is 7.21. The molecule has 0 radical (unpaired) electrons. The highest BCUT2D eigenvalue weighted by Gasteiger charge is 2.29. The Morgan fingerprint density at radius 2 is 1.72 bits per heavy atom. The van der Waals surface area contributed by atoms with E-state index in [1.165, 1.54) is 5.71 Å². The van der Waals surface area contributed by atoms with Crippen LogP contribution in [0.2, 0.25) is 12.6 Å². The van der Waals surface area contributed by atoms with Crippen LogP contribution in [0.4, 0.5) is 0 Å². The van der Waals surface area contributed by atoms with Gasteiger partial charge in [0.05, 0.1) is 0 Å². The van der Waals surface area contributed by atoms with Crippen molar-refractivity contribution in [1.29, 1.82) is 0 Å². The third kappa shape index (κ3) is 8.83. The fraction of sp³-hybridized carbons (Fsp3) is 0.929. The van der Waals surface area contributed by atoms with Gasteiger partial charge >= 0.3 is 8.56 Å². The predicted molar refractivity (Wildman–Crippen MR) is 81.7 cm³/mol. The SMILES string of the molecule is CCO[Si](C)(CCCN=C(C)CC(C)C)OCC. The first-order valence-corrected chi connectivity index (χ1v) is 9.73. The van der Waals surface area contributed by atoms with Crippen LogP contribution in [0.15, 0.2) is 4.99 Å². The average Bonchev–Trinajstić information content (AvgIpc) is 2.24. The summed E-state index contributed by atoms with van der Waals surface area (Å²) in [5, 5.41) is 0. The van der Waals surface area contributed by atoms with Crippen molar-refractivity contribution in [2.75, 3.05) is 19.8 Å². The molecule has 0 N–H and O–H groups in total. The number of aliphatic imine (C=N–C) groups is 1. The Morgan fingerprint density at radius 3 is 2.17 bits per heavy atom. The standard InChI is InChI=1S/C14H31NO2Si/c1-7-16-18(6,17-8-2)11-9-10-15-14(5)12-13(3)4/h13H,7-12H2,1-6H3. The average molecular weight is 273 g/mol. The molecule has 0 saturated carbocycles. The first-order chi connectivity index (χ1) is 8.43. The molecule has 4 heteroatoms. The fourth-order valence-corrected chi connectivity index (χ4v) is 4.52. The van der Waals surface area contributed by atoms with Crippen molar-refractivity contribution < 1.29 is 8.85 Å². The molecule has 0 aromatic heterocycles. The Labute approximate surface area is 114 Å². The van der Waals surface area contributed by atoms with Gasteiger partial charge in [0.1, 0.15) is 0 Å². The van der Waals surface area contributed by atoms with Crippen molar-refractivity contribution in [1.82, 2.24) is 0 Å². The van der Waals surface area contributed by atoms with Crippen molar-refractivity contribution in [2.45, 2.75) is 60.1 Å². The maximum Gasteiger partial charge on any atom is 0.334 e. The summed E-state index contributed by atoms with van der Waals surface area (Å²) in [7, 11) is -1.92. The van der Waals surface area contributed by atoms with Crippen LogP contribution in [0.3, 0.4) is 0 Å². The van der Waals surface area contributed by atoms with E-state index in [-0.39, 0.29) is 0 Å². The van der Waals surface area contributed by atoms with E-state index in [2.05, 4.69) is 32.3 Å². The van der Waals surface area contributed by atoms with Gasteiger partial charge in [-0.3, -0.25) is 4.99 Å². The van der Waals surface area contributed by atoms with Gasteiger partial charge < -0.3 is 8.85 Å². The fourth-order valence-electron chi connectivity index (χ4n) is 2.12. The summed E-state index contributed by atoms with van der Waals surface area (Å²) in [5.41, 5.74) is 1.26. The molecule has 0 aliphatic rings. The van der Waals surface area contributed by atoms with E-state index >= 15 is 0 Å². The summed E-state index contributed by atoms with van der Waals surface area (Å²) in [4.78, 5) is 4.62. The van der Waals surface area contributed by atoms with Crippen molar-refractivity contribution in [3.63, 3.8) is 0 Å². The normalized spacial score (nSPS) is 13.4. The Morgan fingerprint density at radius 1 is 1.17 bits per heavy atom. The summed E-state index contributed by atoms with van der Waals surface area (Å²) in [6.45, 7) is 15.2. The molecule has 0 aromatic carbocycles. The van der Waals surface area contributed by atoms with Crippen LogP contribution in [-0.4, -0.2) is 34.0 Å². The highest BCUT2D eigenvalue weighted by atomic mass is 28.4. The molecule has 0 spiro atoms. The second-order valence-corrected chi connectivity index (χ2v) is 8.66. The van der Waals surface area contributed by atoms with Crippen LogP contribution in [0.5, 0.6) is 0 Å². The minimum absolute atomic E-state index is 0.695. The van der Waals surface area contributed by atoms with E-state index in [1.54, 1.807) is 0 Å². The maximum atomic E-state index is 5.81. The second kappa shape index (κ2) is 9.70. The molecule has 0 aliphatic carbocycles. The highest BCUT2D eigenvalue weighted by molar-refractivity contribution is 6.66. The Balaban J connectivity index is 3.99. The minimum Gasteiger partial charge on any atom is -0.395 e. The van der Waals surface area contributed by atoms with Gasteiger partial charge in [0.25, 0.3) is 0 Å². The van der Waals surface area contributed by atoms with E-state index in [4.69, 9.17) is 8.85 Å². The van der Waals surface area contributed by atoms with Gasteiger partial charge in [-0.05, 0) is 52.1 Å². The largest absolute Gasteiger partial charge is 0.395 e. The zero-order valence-electron chi connectivity index (χ0n) is 13.1. The van der Waals surface area contributed by atoms with E-state index < -0.39 is 8.56 Å². The van der Waals surface area contributed by atoms with Gasteiger partial charge in [0, 0.05) is 25.5 Å². The monoisotopic (exact) mass is 273 g/mol. The van der Waals surface area contributed by atoms with Crippen LogP contribution in [0, 0.1) is 5.92 Å². The second-order valence-electron chi connectivity index (χ2n) is 5.32. The maximum absolute atomic E-state index is 5.81. The van der Waals surface area contributed by atoms with Crippen LogP contribution in [0.25, 0.3) is 0 Å². The van der Waals surface area contributed by atoms with E-state index in [1.807, 2.05) is 13.8 Å². The lowest BCUT2D eigenvalue weighted by atomic mass is 10.1. The van der Waals surface area contributed by atoms with Crippen LogP contribution < -0.4 is 0 Å². The van der Waals surface area contributed by atoms with Crippen LogP contribution in [-0.2, 0) is 8.85 Å². The van der Waals surface area contributed by atoms with Crippen LogP contribution in [0.1, 0.15) is 47.5 Å². The minimum atomic E-state index is -1.92. The molecule has 0 fully saturated rings. The summed E-state index contributed by atoms with van der Waals surface area (Å²) in [6.07, 6.45) is 2.17. The molecule has 108 valence electrons. The summed E-state index contributed by atoms with van der Waals surface area (Å²) in [6, 6.07) is 1.03. The third-order valence-corrected chi connectivity index (χ3v) is 5.83. The lowest BCUT2D eigenvalue weighted by molar-refractivity contribution is 0.188. The predicted octanol–water partition coefficient (Wildman–Crippen LogP) is 4.03. The summed E-state index contributed by atoms with van der Waals surface area (Å²) in [5.74, 6) is 0.695. The molecule has 0 aromatic rings. The zero-order chi connectivity index (χ0) is 14.0. The Bertz CT molecular complexity index is 236. The lowest BCUT2D eigenvalue weighted by Crippen LogP contribution is -2.38. The molecular formula is C14H31NO2Si. The number of hydrogen-bond donors (Lipinski definition) is 0. The molecule has 0 atom stereocenters. The lowest BCUT2D eigenvalue weighted by Gasteiger charge is -2.25. The van der Waals surface area contributed by atoms with Gasteiger partial charge in [-0.15, -0.1) is 0 Å². The summed E-state index contributed by atoms with van der Waals surface area (Å²) < 4.78 is 11.6. The molecule has 0 saturated heterocycles. The van der Waals surface area contributed by atoms with Crippen LogP contribution >= 0.6 is 0 Å². The van der Waals surface area contributed by atoms with E-state index in [0.29, 0.717) is 5.92 Å². The number of hydrogen-bond acceptors (Lipinski definition) is 3. The molecule has 18 heavy (non-hydrogen) atoms. The van der Waals surface area contributed by atoms with Gasteiger partial charge in [-0.2, -0.15) is 0 Å². The van der Waals surface area contributed by atoms with Gasteiger partial charge in [-0.1, -0.05) is 13.8 Å². The molecular weight excluding hydrogens is 242 g/mol. The first kappa shape index (κ1) is 17.8. The number of nitrogens with zero attached hydrogens (tertiary/aromatic N) is 1. The highest BCUT2D eigenvalue weighted by Crippen LogP contribution is 2.16. The molecule has 0 heterocycles. The number of rotatable bonds is 10. The van der Waals surface area contributed by atoms with E-state index in [0.717, 1.165) is 38.6 Å². The van der Waals surface area contributed by atoms with Gasteiger partial charge in [0.15, 0.2) is 0 Å². The van der Waals surface area contributed by atoms with E-state index in [9.17, 15) is 0 Å². The van der Waals surface area contributed by atoms with Crippen molar-refractivity contribution >= 4 is 14.3 Å². The molecule has 3 nitrogen and oxygen atoms in total. The topological polar surface area (TPSA) is 30.8 Å². The molecule has 0 rings (SSSR count). The van der Waals surface area contributed by atoms with Gasteiger partial charge in [-0.25, -0.2) is 0 Å². The van der Waals surface area contributed by atoms with Crippen molar-refractivity contribution in [3.8, 4) is 0 Å². The zero-order valence-corrected chi connectivity index (χ0v) is 14.1. The van der Waals surface area contributed by atoms with Crippen molar-refractivity contribution in [3.05, 3.63) is 0 Å². The van der Waals surface area contributed by atoms with Gasteiger partial charge in [0.2, 0.25) is 0 Å². The third-order valence-electron chi connectivity index (χ3n) is 2.77. The summed E-state index contributed by atoms with van der Waals surface area (Å²) >= 11 is 0. The molecule has 0 aliphatic heterocycles.